The van der Waals surface area contributed by atoms with Gasteiger partial charge in [0.05, 0.1) is 13.2 Å². The molecule has 0 aliphatic rings. The fourth-order valence-electron chi connectivity index (χ4n) is 5.01. The normalized spacial score (nSPS) is 10.7. The molecule has 40 heavy (non-hydrogen) atoms. The van der Waals surface area contributed by atoms with E-state index in [9.17, 15) is 4.79 Å². The lowest BCUT2D eigenvalue weighted by Crippen LogP contribution is -2.27. The van der Waals surface area contributed by atoms with E-state index in [4.69, 9.17) is 4.74 Å². The van der Waals surface area contributed by atoms with E-state index in [0.29, 0.717) is 6.54 Å². The number of benzene rings is 2. The predicted molar refractivity (Wildman–Crippen MR) is 174 cm³/mol. The van der Waals surface area contributed by atoms with Gasteiger partial charge in [-0.25, -0.2) is 0 Å². The molecule has 1 amide bonds. The van der Waals surface area contributed by atoms with Crippen molar-refractivity contribution in [1.29, 1.82) is 0 Å². The van der Waals surface area contributed by atoms with Gasteiger partial charge in [-0.1, -0.05) is 108 Å². The molecule has 0 N–H and O–H groups in total. The van der Waals surface area contributed by atoms with E-state index in [1.165, 1.54) is 70.6 Å². The average molecular weight is 610 g/mol. The van der Waals surface area contributed by atoms with Crippen LogP contribution in [0.5, 0.6) is 5.75 Å². The van der Waals surface area contributed by atoms with Crippen LogP contribution in [0.2, 0.25) is 0 Å². The second-order valence-corrected chi connectivity index (χ2v) is 10.7. The van der Waals surface area contributed by atoms with Gasteiger partial charge in [-0.05, 0) is 59.9 Å². The first-order valence-corrected chi connectivity index (χ1v) is 15.1. The van der Waals surface area contributed by atoms with Crippen LogP contribution in [0.3, 0.4) is 0 Å². The third-order valence-corrected chi connectivity index (χ3v) is 7.24. The predicted octanol–water partition coefficient (Wildman–Crippen LogP) is 9.88. The zero-order valence-corrected chi connectivity index (χ0v) is 26.4. The van der Waals surface area contributed by atoms with E-state index in [2.05, 4.69) is 42.2 Å². The summed E-state index contributed by atoms with van der Waals surface area (Å²) in [5.41, 5.74) is 4.29. The lowest BCUT2D eigenvalue weighted by Gasteiger charge is -2.22. The Kier molecular flexibility index (Phi) is 17.0. The first-order valence-electron chi connectivity index (χ1n) is 15.1. The van der Waals surface area contributed by atoms with Crippen LogP contribution in [0.25, 0.3) is 0 Å². The molecule has 218 valence electrons. The first kappa shape index (κ1) is 33.5. The van der Waals surface area contributed by atoms with Gasteiger partial charge in [-0.15, -0.1) is 17.0 Å². The molecule has 0 atom stereocenters. The largest absolute Gasteiger partial charge is 0.494 e. The maximum absolute atomic E-state index is 12.6. The number of anilines is 1. The van der Waals surface area contributed by atoms with Crippen LogP contribution in [0.1, 0.15) is 108 Å². The molecule has 5 heteroatoms. The number of hydrogen-bond acceptors (Lipinski definition) is 3. The van der Waals surface area contributed by atoms with Crippen molar-refractivity contribution in [2.24, 2.45) is 0 Å². The summed E-state index contributed by atoms with van der Waals surface area (Å²) in [5.74, 6) is 0.903. The number of carbonyl (C=O) groups excluding carboxylic acids is 1. The number of amides is 1. The van der Waals surface area contributed by atoms with Crippen molar-refractivity contribution in [1.82, 2.24) is 4.98 Å². The van der Waals surface area contributed by atoms with Crippen LogP contribution in [0.4, 0.5) is 5.69 Å². The highest BCUT2D eigenvalue weighted by atomic mass is 79.9. The molecular formula is C35H49BrN2O2. The highest BCUT2D eigenvalue weighted by Crippen LogP contribution is 2.23. The zero-order valence-electron chi connectivity index (χ0n) is 24.7. The molecule has 2 aromatic carbocycles. The molecule has 4 nitrogen and oxygen atoms in total. The molecule has 0 unspecified atom stereocenters. The summed E-state index contributed by atoms with van der Waals surface area (Å²) in [6.45, 7) is 5.16. The van der Waals surface area contributed by atoms with Crippen molar-refractivity contribution in [3.8, 4) is 5.75 Å². The maximum atomic E-state index is 12.6. The van der Waals surface area contributed by atoms with Gasteiger partial charge in [-0.3, -0.25) is 9.78 Å². The summed E-state index contributed by atoms with van der Waals surface area (Å²) >= 11 is 0. The van der Waals surface area contributed by atoms with Gasteiger partial charge >= 0.3 is 0 Å². The summed E-state index contributed by atoms with van der Waals surface area (Å²) in [6.07, 6.45) is 20.5. The molecule has 3 rings (SSSR count). The number of ether oxygens (including phenoxy) is 1. The number of rotatable bonds is 19. The Morgan fingerprint density at radius 2 is 1.38 bits per heavy atom. The molecule has 3 aromatic rings. The fraction of sp³-hybridized carbons (Fsp3) is 0.486. The lowest BCUT2D eigenvalue weighted by atomic mass is 10.1. The SMILES string of the molecule is Br.CCCCCCCCCCCCCCOc1cccc(CN(C(C)=O)c2cccc(Cc3cccnc3)c2)c1. The van der Waals surface area contributed by atoms with Gasteiger partial charge in [0, 0.05) is 25.0 Å². The third-order valence-electron chi connectivity index (χ3n) is 7.24. The first-order chi connectivity index (χ1) is 19.2. The standard InChI is InChI=1S/C35H48N2O2.BrH/c1-3-4-5-6-7-8-9-10-11-12-13-14-24-39-35-22-16-19-33(27-35)29-37(30(2)38)34-21-15-18-31(26-34)25-32-20-17-23-36-28-32;/h15-23,26-28H,3-14,24-25,29H2,1-2H3;1H. The van der Waals surface area contributed by atoms with Gasteiger partial charge in [0.2, 0.25) is 5.91 Å². The van der Waals surface area contributed by atoms with Crippen molar-refractivity contribution in [3.05, 3.63) is 89.7 Å². The van der Waals surface area contributed by atoms with Crippen LogP contribution in [-0.4, -0.2) is 17.5 Å². The number of carbonyl (C=O) groups is 1. The van der Waals surface area contributed by atoms with E-state index in [1.807, 2.05) is 41.4 Å². The zero-order chi connectivity index (χ0) is 27.5. The quantitative estimate of drug-likeness (QED) is 0.127. The smallest absolute Gasteiger partial charge is 0.224 e. The number of hydrogen-bond donors (Lipinski definition) is 0. The number of aromatic nitrogens is 1. The van der Waals surface area contributed by atoms with Crippen molar-refractivity contribution in [3.63, 3.8) is 0 Å². The second kappa shape index (κ2) is 20.3. The Hall–Kier alpha value is -2.66. The molecule has 1 heterocycles. The van der Waals surface area contributed by atoms with Crippen LogP contribution < -0.4 is 9.64 Å². The minimum Gasteiger partial charge on any atom is -0.494 e. The Balaban J connectivity index is 0.00000560. The molecular weight excluding hydrogens is 560 g/mol. The highest BCUT2D eigenvalue weighted by molar-refractivity contribution is 8.93. The van der Waals surface area contributed by atoms with Gasteiger partial charge in [0.15, 0.2) is 0 Å². The molecule has 0 saturated carbocycles. The number of unbranched alkanes of at least 4 members (excludes halogenated alkanes) is 11. The molecule has 0 spiro atoms. The van der Waals surface area contributed by atoms with Crippen LogP contribution in [-0.2, 0) is 17.8 Å². The highest BCUT2D eigenvalue weighted by Gasteiger charge is 2.13. The van der Waals surface area contributed by atoms with E-state index >= 15 is 0 Å². The molecule has 0 fully saturated rings. The van der Waals surface area contributed by atoms with Gasteiger partial charge in [0.1, 0.15) is 5.75 Å². The van der Waals surface area contributed by atoms with Crippen molar-refractivity contribution in [2.75, 3.05) is 11.5 Å². The van der Waals surface area contributed by atoms with Crippen molar-refractivity contribution >= 4 is 28.6 Å². The Morgan fingerprint density at radius 3 is 2.02 bits per heavy atom. The minimum atomic E-state index is 0. The molecule has 0 bridgehead atoms. The summed E-state index contributed by atoms with van der Waals surface area (Å²) < 4.78 is 6.06. The minimum absolute atomic E-state index is 0. The summed E-state index contributed by atoms with van der Waals surface area (Å²) in [5, 5.41) is 0. The molecule has 0 aliphatic carbocycles. The average Bonchev–Trinajstić information content (AvgIpc) is 2.95. The summed E-state index contributed by atoms with van der Waals surface area (Å²) in [6, 6.07) is 20.4. The number of nitrogens with zero attached hydrogens (tertiary/aromatic N) is 2. The maximum Gasteiger partial charge on any atom is 0.224 e. The molecule has 0 aliphatic heterocycles. The number of halogens is 1. The van der Waals surface area contributed by atoms with Gasteiger partial charge in [-0.2, -0.15) is 0 Å². The fourth-order valence-corrected chi connectivity index (χ4v) is 5.01. The van der Waals surface area contributed by atoms with E-state index in [-0.39, 0.29) is 22.9 Å². The van der Waals surface area contributed by atoms with E-state index in [1.54, 1.807) is 13.1 Å². The van der Waals surface area contributed by atoms with Crippen molar-refractivity contribution < 1.29 is 9.53 Å². The monoisotopic (exact) mass is 608 g/mol. The topological polar surface area (TPSA) is 42.4 Å². The van der Waals surface area contributed by atoms with Crippen LogP contribution in [0, 0.1) is 0 Å². The molecule has 1 aromatic heterocycles. The summed E-state index contributed by atoms with van der Waals surface area (Å²) in [7, 11) is 0. The van der Waals surface area contributed by atoms with Crippen LogP contribution >= 0.6 is 17.0 Å². The van der Waals surface area contributed by atoms with Crippen LogP contribution in [0.15, 0.2) is 73.1 Å². The Labute approximate surface area is 253 Å². The number of pyridine rings is 1. The van der Waals surface area contributed by atoms with Crippen molar-refractivity contribution in [2.45, 2.75) is 104 Å². The third kappa shape index (κ3) is 13.1. The van der Waals surface area contributed by atoms with Gasteiger partial charge < -0.3 is 9.64 Å². The second-order valence-electron chi connectivity index (χ2n) is 10.7. The van der Waals surface area contributed by atoms with E-state index < -0.39 is 0 Å². The summed E-state index contributed by atoms with van der Waals surface area (Å²) in [4.78, 5) is 18.6. The molecule has 0 radical (unpaired) electrons. The lowest BCUT2D eigenvalue weighted by molar-refractivity contribution is -0.116. The van der Waals surface area contributed by atoms with Gasteiger partial charge in [0.25, 0.3) is 0 Å². The Morgan fingerprint density at radius 1 is 0.750 bits per heavy atom. The molecule has 0 saturated heterocycles. The Bertz CT molecular complexity index is 1090. The van der Waals surface area contributed by atoms with E-state index in [0.717, 1.165) is 47.6 Å².